The van der Waals surface area contributed by atoms with Crippen LogP contribution in [0.5, 0.6) is 0 Å². The van der Waals surface area contributed by atoms with E-state index in [1.807, 2.05) is 0 Å². The number of hydrogen-bond donors (Lipinski definition) is 4. The first-order valence-electron chi connectivity index (χ1n) is 26.7. The summed E-state index contributed by atoms with van der Waals surface area (Å²) < 4.78 is 11.9. The van der Waals surface area contributed by atoms with E-state index in [0.717, 1.165) is 135 Å². The number of esters is 2. The lowest BCUT2D eigenvalue weighted by Gasteiger charge is -2.22. The van der Waals surface area contributed by atoms with Crippen molar-refractivity contribution in [2.75, 3.05) is 43.9 Å². The topological polar surface area (TPSA) is 146 Å². The number of aromatic nitrogens is 2. The molecule has 4 N–H and O–H groups in total. The first-order valence-corrected chi connectivity index (χ1v) is 26.7. The lowest BCUT2D eigenvalue weighted by Crippen LogP contribution is -2.30. The molecule has 1 atom stereocenters. The van der Waals surface area contributed by atoms with Gasteiger partial charge in [0.1, 0.15) is 23.6 Å². The molecule has 1 unspecified atom stereocenters. The van der Waals surface area contributed by atoms with Gasteiger partial charge in [-0.2, -0.15) is 0 Å². The molecule has 0 aliphatic rings. The third kappa shape index (κ3) is 32.5. The normalized spacial score (nSPS) is 12.0. The fourth-order valence-electron chi connectivity index (χ4n) is 8.55. The summed E-state index contributed by atoms with van der Waals surface area (Å²) in [7, 11) is 1.64. The van der Waals surface area contributed by atoms with Gasteiger partial charge in [-0.05, 0) is 96.7 Å². The minimum Gasteiger partial charge on any atom is -0.462 e. The van der Waals surface area contributed by atoms with Crippen molar-refractivity contribution in [2.24, 2.45) is 0 Å². The maximum absolute atomic E-state index is 12.9. The predicted molar refractivity (Wildman–Crippen MR) is 266 cm³/mol. The van der Waals surface area contributed by atoms with Gasteiger partial charge in [-0.1, -0.05) is 163 Å². The maximum atomic E-state index is 12.9. The van der Waals surface area contributed by atoms with Crippen LogP contribution in [-0.2, 0) is 19.1 Å². The van der Waals surface area contributed by atoms with Crippen LogP contribution in [0.4, 0.5) is 11.4 Å². The third-order valence-corrected chi connectivity index (χ3v) is 12.6. The fraction of sp³-hybridized carbons (Fsp3) is 0.885. The molecule has 0 aromatic carbocycles. The lowest BCUT2D eigenvalue weighted by molar-refractivity contribution is -0.150. The molecular weight excluding hydrogens is 791 g/mol. The highest BCUT2D eigenvalue weighted by atomic mass is 16.5. The van der Waals surface area contributed by atoms with Gasteiger partial charge < -0.3 is 25.0 Å². The molecule has 11 nitrogen and oxygen atoms in total. The van der Waals surface area contributed by atoms with Crippen molar-refractivity contribution >= 4 is 23.3 Å². The van der Waals surface area contributed by atoms with Gasteiger partial charge in [0, 0.05) is 26.4 Å². The van der Waals surface area contributed by atoms with Crippen LogP contribution in [0.1, 0.15) is 252 Å². The summed E-state index contributed by atoms with van der Waals surface area (Å²) >= 11 is 0. The molecule has 1 rings (SSSR count). The van der Waals surface area contributed by atoms with E-state index < -0.39 is 0 Å². The van der Waals surface area contributed by atoms with Gasteiger partial charge in [0.15, 0.2) is 0 Å². The van der Waals surface area contributed by atoms with Gasteiger partial charge in [0.2, 0.25) is 0 Å². The molecule has 0 radical (unpaired) electrons. The second kappa shape index (κ2) is 41.9. The van der Waals surface area contributed by atoms with E-state index in [9.17, 15) is 19.2 Å². The number of anilines is 2. The standard InChI is InChI=1S/C52H99N5O6/c1-6-10-13-16-21-28-36-45(9-4)62-47(58)39-31-24-19-26-33-42-57(44-35-41-54-50-49(53-5)51(60)55-56-52(50)61)43-34-27-20-25-32-40-48(59)63-46(37-29-22-17-14-11-7-2)38-30-23-18-15-12-8-3/h45-46H,6-44H2,1-5H3,(H2,53,56,61)(H2,54,55,60). The summed E-state index contributed by atoms with van der Waals surface area (Å²) in [6.07, 6.45) is 39.2. The van der Waals surface area contributed by atoms with Crippen LogP contribution < -0.4 is 21.8 Å². The molecule has 0 bridgehead atoms. The summed E-state index contributed by atoms with van der Waals surface area (Å²) in [6.45, 7) is 12.4. The number of unbranched alkanes of at least 4 members (excludes halogenated alkanes) is 23. The van der Waals surface area contributed by atoms with Gasteiger partial charge in [-0.25, -0.2) is 0 Å². The number of nitrogens with zero attached hydrogens (tertiary/aromatic N) is 1. The van der Waals surface area contributed by atoms with Crippen molar-refractivity contribution in [1.29, 1.82) is 0 Å². The molecule has 1 aromatic rings. The van der Waals surface area contributed by atoms with Gasteiger partial charge in [-0.15, -0.1) is 0 Å². The van der Waals surface area contributed by atoms with E-state index in [0.29, 0.717) is 19.4 Å². The first kappa shape index (κ1) is 58.2. The number of carbonyl (C=O) groups excluding carboxylic acids is 2. The van der Waals surface area contributed by atoms with Crippen LogP contribution in [0, 0.1) is 0 Å². The van der Waals surface area contributed by atoms with E-state index in [-0.39, 0.29) is 46.6 Å². The second-order valence-corrected chi connectivity index (χ2v) is 18.4. The third-order valence-electron chi connectivity index (χ3n) is 12.6. The van der Waals surface area contributed by atoms with Crippen LogP contribution >= 0.6 is 0 Å². The Balaban J connectivity index is 2.48. The minimum atomic E-state index is -0.361. The Hall–Kier alpha value is -2.82. The Kier molecular flexibility index (Phi) is 38.7. The monoisotopic (exact) mass is 890 g/mol. The Morgan fingerprint density at radius 1 is 0.476 bits per heavy atom. The highest BCUT2D eigenvalue weighted by molar-refractivity contribution is 5.70. The Bertz CT molecular complexity index is 1320. The fourth-order valence-corrected chi connectivity index (χ4v) is 8.55. The molecule has 0 fully saturated rings. The molecule has 0 aliphatic heterocycles. The van der Waals surface area contributed by atoms with E-state index in [1.165, 1.54) is 96.3 Å². The van der Waals surface area contributed by atoms with Gasteiger partial charge in [0.05, 0.1) is 0 Å². The van der Waals surface area contributed by atoms with Crippen molar-refractivity contribution in [3.05, 3.63) is 20.7 Å². The highest BCUT2D eigenvalue weighted by Crippen LogP contribution is 2.19. The maximum Gasteiger partial charge on any atom is 0.306 e. The summed E-state index contributed by atoms with van der Waals surface area (Å²) in [5.41, 5.74) is -0.192. The molecular formula is C52H99N5O6. The molecule has 368 valence electrons. The van der Waals surface area contributed by atoms with E-state index in [2.05, 4.69) is 53.4 Å². The quantitative estimate of drug-likeness (QED) is 0.0371. The smallest absolute Gasteiger partial charge is 0.306 e. The minimum absolute atomic E-state index is 0.00967. The van der Waals surface area contributed by atoms with Crippen LogP contribution in [0.25, 0.3) is 0 Å². The van der Waals surface area contributed by atoms with Crippen LogP contribution in [0.2, 0.25) is 0 Å². The van der Waals surface area contributed by atoms with Crippen molar-refractivity contribution in [3.8, 4) is 0 Å². The number of ether oxygens (including phenoxy) is 2. The largest absolute Gasteiger partial charge is 0.462 e. The Labute approximate surface area is 385 Å². The van der Waals surface area contributed by atoms with Crippen molar-refractivity contribution in [2.45, 2.75) is 265 Å². The average molecular weight is 890 g/mol. The van der Waals surface area contributed by atoms with E-state index in [1.54, 1.807) is 7.05 Å². The molecule has 0 spiro atoms. The van der Waals surface area contributed by atoms with Gasteiger partial charge in [-0.3, -0.25) is 29.4 Å². The average Bonchev–Trinajstić information content (AvgIpc) is 3.28. The summed E-state index contributed by atoms with van der Waals surface area (Å²) in [5, 5.41) is 10.8. The van der Waals surface area contributed by atoms with E-state index >= 15 is 0 Å². The van der Waals surface area contributed by atoms with Crippen LogP contribution in [0.3, 0.4) is 0 Å². The molecule has 0 aliphatic carbocycles. The first-order chi connectivity index (χ1) is 30.8. The zero-order valence-corrected chi connectivity index (χ0v) is 41.6. The molecule has 63 heavy (non-hydrogen) atoms. The lowest BCUT2D eigenvalue weighted by atomic mass is 10.0. The van der Waals surface area contributed by atoms with Gasteiger partial charge in [0.25, 0.3) is 11.1 Å². The molecule has 1 aromatic heterocycles. The van der Waals surface area contributed by atoms with Gasteiger partial charge >= 0.3 is 11.9 Å². The molecule has 11 heteroatoms. The van der Waals surface area contributed by atoms with Crippen LogP contribution in [0.15, 0.2) is 9.59 Å². The summed E-state index contributed by atoms with van der Waals surface area (Å²) in [4.78, 5) is 52.5. The molecule has 1 heterocycles. The highest BCUT2D eigenvalue weighted by Gasteiger charge is 2.16. The Morgan fingerprint density at radius 3 is 1.29 bits per heavy atom. The predicted octanol–water partition coefficient (Wildman–Crippen LogP) is 13.4. The second-order valence-electron chi connectivity index (χ2n) is 18.4. The molecule has 0 amide bonds. The molecule has 0 saturated heterocycles. The van der Waals surface area contributed by atoms with E-state index in [4.69, 9.17) is 9.47 Å². The number of aromatic amines is 2. The number of carbonyl (C=O) groups is 2. The van der Waals surface area contributed by atoms with Crippen molar-refractivity contribution in [1.82, 2.24) is 15.1 Å². The summed E-state index contributed by atoms with van der Waals surface area (Å²) in [6, 6.07) is 0. The van der Waals surface area contributed by atoms with Crippen molar-refractivity contribution < 1.29 is 19.1 Å². The zero-order chi connectivity index (χ0) is 46.0. The number of rotatable bonds is 46. The number of H-pyrrole nitrogens is 2. The SMILES string of the molecule is CCCCCCCCC(CC)OC(=O)CCCCCCCN(CCCCCCCC(=O)OC(CCCCCCCC)CCCCCCCC)CCCNc1c(NC)c(=O)[nH][nH]c1=O. The number of nitrogens with one attached hydrogen (secondary N) is 4. The zero-order valence-electron chi connectivity index (χ0n) is 41.6. The van der Waals surface area contributed by atoms with Crippen LogP contribution in [-0.4, -0.2) is 72.5 Å². The number of hydrogen-bond acceptors (Lipinski definition) is 9. The summed E-state index contributed by atoms with van der Waals surface area (Å²) in [5.74, 6) is -0.0488. The van der Waals surface area contributed by atoms with Crippen molar-refractivity contribution in [3.63, 3.8) is 0 Å². The Morgan fingerprint density at radius 2 is 0.841 bits per heavy atom. The molecule has 0 saturated carbocycles.